The van der Waals surface area contributed by atoms with Gasteiger partial charge < -0.3 is 15.2 Å². The van der Waals surface area contributed by atoms with Crippen LogP contribution in [0, 0.1) is 6.92 Å². The highest BCUT2D eigenvalue weighted by Crippen LogP contribution is 2.37. The molecule has 2 aromatic heterocycles. The van der Waals surface area contributed by atoms with Crippen molar-refractivity contribution in [3.63, 3.8) is 0 Å². The van der Waals surface area contributed by atoms with Crippen LogP contribution in [0.15, 0.2) is 80.9 Å². The lowest BCUT2D eigenvalue weighted by Gasteiger charge is -2.14. The Morgan fingerprint density at radius 3 is 2.70 bits per heavy atom. The molecule has 5 rings (SSSR count). The van der Waals surface area contributed by atoms with Crippen molar-refractivity contribution in [1.29, 1.82) is 0 Å². The van der Waals surface area contributed by atoms with E-state index in [-0.39, 0.29) is 17.3 Å². The van der Waals surface area contributed by atoms with E-state index < -0.39 is 5.91 Å². The number of hydrogen-bond acceptors (Lipinski definition) is 10. The number of nitrogen functional groups attached to an aromatic ring is 1. The average Bonchev–Trinajstić information content (AvgIpc) is 3.58. The Kier molecular flexibility index (Phi) is 7.82. The van der Waals surface area contributed by atoms with Gasteiger partial charge in [-0.1, -0.05) is 65.4 Å². The molecule has 13 heteroatoms. The van der Waals surface area contributed by atoms with Gasteiger partial charge in [0, 0.05) is 5.56 Å². The third-order valence-electron chi connectivity index (χ3n) is 5.73. The number of rotatable bonds is 9. The molecule has 5 aromatic rings. The summed E-state index contributed by atoms with van der Waals surface area (Å²) in [5.74, 6) is 0.563. The molecule has 3 N–H and O–H groups in total. The van der Waals surface area contributed by atoms with Crippen molar-refractivity contribution in [2.75, 3.05) is 12.8 Å². The van der Waals surface area contributed by atoms with E-state index in [9.17, 15) is 4.79 Å². The number of amides is 1. The maximum atomic E-state index is 13.1. The second-order valence-corrected chi connectivity index (χ2v) is 9.40. The first kappa shape index (κ1) is 26.6. The number of carbonyl (C=O) groups excluding carboxylic acids is 1. The third-order valence-corrected chi connectivity index (χ3v) is 6.31. The van der Waals surface area contributed by atoms with E-state index in [1.165, 1.54) is 10.9 Å². The lowest BCUT2D eigenvalue weighted by molar-refractivity contribution is 0.0950. The molecule has 0 aliphatic carbocycles. The van der Waals surface area contributed by atoms with Gasteiger partial charge >= 0.3 is 0 Å². The van der Waals surface area contributed by atoms with Crippen LogP contribution in [-0.4, -0.2) is 44.5 Å². The Labute approximate surface area is 236 Å². The van der Waals surface area contributed by atoms with Gasteiger partial charge in [-0.2, -0.15) is 9.78 Å². The van der Waals surface area contributed by atoms with Crippen LogP contribution in [0.2, 0.25) is 0 Å². The summed E-state index contributed by atoms with van der Waals surface area (Å²) in [6, 6.07) is 20.7. The lowest BCUT2D eigenvalue weighted by Crippen LogP contribution is -2.19. The van der Waals surface area contributed by atoms with Gasteiger partial charge in [-0.25, -0.2) is 10.1 Å². The van der Waals surface area contributed by atoms with Crippen molar-refractivity contribution in [1.82, 2.24) is 30.7 Å². The fourth-order valence-corrected chi connectivity index (χ4v) is 4.48. The first-order valence-electron chi connectivity index (χ1n) is 11.9. The van der Waals surface area contributed by atoms with Crippen LogP contribution in [0.1, 0.15) is 27.2 Å². The highest BCUT2D eigenvalue weighted by atomic mass is 79.9. The van der Waals surface area contributed by atoms with Gasteiger partial charge in [0.25, 0.3) is 5.91 Å². The molecule has 3 aromatic carbocycles. The number of aromatic nitrogens is 5. The molecule has 2 heterocycles. The molecule has 0 fully saturated rings. The summed E-state index contributed by atoms with van der Waals surface area (Å²) in [6.07, 6.45) is 1.47. The molecule has 202 valence electrons. The van der Waals surface area contributed by atoms with Gasteiger partial charge in [-0.05, 0) is 56.4 Å². The number of nitrogens with zero attached hydrogens (tertiary/aromatic N) is 6. The zero-order valence-corrected chi connectivity index (χ0v) is 23.0. The molecule has 0 bridgehead atoms. The molecule has 0 atom stereocenters. The largest absolute Gasteiger partial charge is 0.493 e. The zero-order chi connectivity index (χ0) is 28.1. The van der Waals surface area contributed by atoms with Crippen LogP contribution >= 0.6 is 15.9 Å². The third kappa shape index (κ3) is 5.68. The van der Waals surface area contributed by atoms with E-state index in [0.717, 1.165) is 11.1 Å². The quantitative estimate of drug-likeness (QED) is 0.185. The van der Waals surface area contributed by atoms with Gasteiger partial charge in [0.2, 0.25) is 11.6 Å². The Bertz CT molecular complexity index is 1680. The number of hydrogen-bond donors (Lipinski definition) is 2. The smallest absolute Gasteiger partial charge is 0.294 e. The molecular weight excluding hydrogens is 580 g/mol. The van der Waals surface area contributed by atoms with Crippen LogP contribution in [-0.2, 0) is 6.61 Å². The molecule has 12 nitrogen and oxygen atoms in total. The van der Waals surface area contributed by atoms with Crippen molar-refractivity contribution in [3.05, 3.63) is 93.6 Å². The Morgan fingerprint density at radius 1 is 1.15 bits per heavy atom. The molecule has 0 aliphatic heterocycles. The van der Waals surface area contributed by atoms with Gasteiger partial charge in [0.05, 0.1) is 17.8 Å². The highest BCUT2D eigenvalue weighted by Gasteiger charge is 2.25. The van der Waals surface area contributed by atoms with Crippen LogP contribution in [0.3, 0.4) is 0 Å². The van der Waals surface area contributed by atoms with Crippen molar-refractivity contribution < 1.29 is 18.9 Å². The molecule has 1 amide bonds. The number of methoxy groups -OCH3 is 1. The summed E-state index contributed by atoms with van der Waals surface area (Å²) in [5, 5.41) is 19.5. The Morgan fingerprint density at radius 2 is 1.98 bits per heavy atom. The Balaban J connectivity index is 1.35. The molecule has 40 heavy (non-hydrogen) atoms. The highest BCUT2D eigenvalue weighted by molar-refractivity contribution is 9.10. The minimum absolute atomic E-state index is 0.00195. The van der Waals surface area contributed by atoms with E-state index in [2.05, 4.69) is 53.1 Å². The number of nitrogens with two attached hydrogens (primary N) is 1. The fourth-order valence-electron chi connectivity index (χ4n) is 3.91. The molecule has 0 unspecified atom stereocenters. The van der Waals surface area contributed by atoms with E-state index >= 15 is 0 Å². The average molecular weight is 603 g/mol. The second kappa shape index (κ2) is 11.8. The summed E-state index contributed by atoms with van der Waals surface area (Å²) in [7, 11) is 1.55. The van der Waals surface area contributed by atoms with Gasteiger partial charge in [-0.3, -0.25) is 4.79 Å². The molecular formula is C27H23BrN8O4. The van der Waals surface area contributed by atoms with E-state index in [0.29, 0.717) is 39.4 Å². The van der Waals surface area contributed by atoms with Gasteiger partial charge in [0.1, 0.15) is 12.3 Å². The Hall–Kier alpha value is -5.04. The van der Waals surface area contributed by atoms with Crippen LogP contribution in [0.25, 0.3) is 17.1 Å². The lowest BCUT2D eigenvalue weighted by atomic mass is 10.1. The standard InChI is InChI=1S/C27H23BrN8O4/c1-16-7-6-8-17(11-16)15-39-24-20(28)12-18(13-21(24)38-2)14-30-32-27(37)22-23(19-9-4-3-5-10-19)36(35-31-22)26-25(29)33-40-34-26/h3-14H,15H2,1-2H3,(H2,29,33)(H,32,37)/b30-14+. The fraction of sp³-hybridized carbons (Fsp3) is 0.111. The predicted molar refractivity (Wildman–Crippen MR) is 150 cm³/mol. The van der Waals surface area contributed by atoms with Crippen molar-refractivity contribution >= 4 is 33.9 Å². The normalized spacial score (nSPS) is 11.1. The monoisotopic (exact) mass is 602 g/mol. The maximum Gasteiger partial charge on any atom is 0.294 e. The van der Waals surface area contributed by atoms with Crippen molar-refractivity contribution in [2.24, 2.45) is 5.10 Å². The first-order valence-corrected chi connectivity index (χ1v) is 12.7. The summed E-state index contributed by atoms with van der Waals surface area (Å²) < 4.78 is 18.2. The second-order valence-electron chi connectivity index (χ2n) is 8.55. The van der Waals surface area contributed by atoms with Crippen LogP contribution in [0.5, 0.6) is 11.5 Å². The summed E-state index contributed by atoms with van der Waals surface area (Å²) in [6.45, 7) is 2.40. The van der Waals surface area contributed by atoms with E-state index in [4.69, 9.17) is 19.8 Å². The molecule has 0 saturated carbocycles. The SMILES string of the molecule is COc1cc(/C=N/NC(=O)c2nnn(-c3nonc3N)c2-c2ccccc2)cc(Br)c1OCc1cccc(C)c1. The number of aryl methyl sites for hydroxylation is 1. The zero-order valence-electron chi connectivity index (χ0n) is 21.4. The number of hydrazone groups is 1. The minimum Gasteiger partial charge on any atom is -0.493 e. The summed E-state index contributed by atoms with van der Waals surface area (Å²) in [4.78, 5) is 13.1. The van der Waals surface area contributed by atoms with Gasteiger partial charge in [0.15, 0.2) is 17.2 Å². The predicted octanol–water partition coefficient (Wildman–Crippen LogP) is 4.32. The molecule has 0 aliphatic rings. The van der Waals surface area contributed by atoms with Crippen LogP contribution in [0.4, 0.5) is 5.82 Å². The first-order chi connectivity index (χ1) is 19.4. The van der Waals surface area contributed by atoms with Crippen LogP contribution < -0.4 is 20.6 Å². The van der Waals surface area contributed by atoms with Gasteiger partial charge in [-0.15, -0.1) is 5.10 Å². The summed E-state index contributed by atoms with van der Waals surface area (Å²) >= 11 is 3.54. The van der Waals surface area contributed by atoms with Crippen molar-refractivity contribution in [3.8, 4) is 28.6 Å². The number of benzene rings is 3. The number of halogens is 1. The number of nitrogens with one attached hydrogen (secondary N) is 1. The molecule has 0 spiro atoms. The topological polar surface area (TPSA) is 156 Å². The summed E-state index contributed by atoms with van der Waals surface area (Å²) in [5.41, 5.74) is 12.2. The molecule has 0 radical (unpaired) electrons. The molecule has 0 saturated heterocycles. The number of carbonyl (C=O) groups is 1. The maximum absolute atomic E-state index is 13.1. The van der Waals surface area contributed by atoms with E-state index in [1.807, 2.05) is 43.3 Å². The van der Waals surface area contributed by atoms with Crippen molar-refractivity contribution in [2.45, 2.75) is 13.5 Å². The number of ether oxygens (including phenoxy) is 2. The van der Waals surface area contributed by atoms with E-state index in [1.54, 1.807) is 31.4 Å². The minimum atomic E-state index is -0.597. The number of anilines is 1.